The molecule has 2 aromatic heterocycles. The molecule has 14 heavy (non-hydrogen) atoms. The molecule has 0 atom stereocenters. The molecule has 2 aromatic rings. The van der Waals surface area contributed by atoms with Gasteiger partial charge in [0.2, 0.25) is 0 Å². The first kappa shape index (κ1) is 8.69. The monoisotopic (exact) mass is 185 g/mol. The molecular weight excluding hydrogens is 174 g/mol. The highest BCUT2D eigenvalue weighted by Gasteiger charge is 1.97. The van der Waals surface area contributed by atoms with E-state index < -0.39 is 0 Å². The van der Waals surface area contributed by atoms with E-state index in [0.29, 0.717) is 0 Å². The van der Waals surface area contributed by atoms with E-state index in [1.165, 1.54) is 0 Å². The second kappa shape index (κ2) is 3.87. The Morgan fingerprint density at radius 3 is 3.21 bits per heavy atom. The predicted octanol–water partition coefficient (Wildman–Crippen LogP) is 2.61. The van der Waals surface area contributed by atoms with Crippen LogP contribution in [0.4, 0.5) is 5.82 Å². The Balaban J connectivity index is 2.43. The first-order valence-corrected chi connectivity index (χ1v) is 4.49. The Kier molecular flexibility index (Phi) is 2.40. The second-order valence-corrected chi connectivity index (χ2v) is 2.85. The van der Waals surface area contributed by atoms with Gasteiger partial charge in [0.15, 0.2) is 5.82 Å². The fourth-order valence-electron chi connectivity index (χ4n) is 1.22. The maximum atomic E-state index is 4.27. The third-order valence-electron chi connectivity index (χ3n) is 1.88. The van der Waals surface area contributed by atoms with Crippen LogP contribution in [0.1, 0.15) is 6.92 Å². The van der Waals surface area contributed by atoms with E-state index in [1.54, 1.807) is 12.4 Å². The van der Waals surface area contributed by atoms with Crippen LogP contribution in [0, 0.1) is 0 Å². The first-order chi connectivity index (χ1) is 6.92. The summed E-state index contributed by atoms with van der Waals surface area (Å²) in [7, 11) is 0. The zero-order valence-electron chi connectivity index (χ0n) is 7.96. The van der Waals surface area contributed by atoms with Crippen molar-refractivity contribution in [1.82, 2.24) is 9.38 Å². The predicted molar refractivity (Wildman–Crippen MR) is 58.2 cm³/mol. The summed E-state index contributed by atoms with van der Waals surface area (Å²) in [5.74, 6) is 0.846. The fourth-order valence-corrected chi connectivity index (χ4v) is 1.22. The van der Waals surface area contributed by atoms with Crippen molar-refractivity contribution < 1.29 is 0 Å². The third kappa shape index (κ3) is 1.57. The van der Waals surface area contributed by atoms with E-state index in [0.717, 1.165) is 11.5 Å². The average Bonchev–Trinajstić information content (AvgIpc) is 2.63. The summed E-state index contributed by atoms with van der Waals surface area (Å²) >= 11 is 0. The molecule has 3 nitrogen and oxygen atoms in total. The van der Waals surface area contributed by atoms with Crippen LogP contribution in [-0.2, 0) is 0 Å². The van der Waals surface area contributed by atoms with Crippen molar-refractivity contribution in [3.63, 3.8) is 0 Å². The van der Waals surface area contributed by atoms with Gasteiger partial charge in [0.1, 0.15) is 5.65 Å². The molecule has 3 heteroatoms. The number of hydrogen-bond acceptors (Lipinski definition) is 2. The smallest absolute Gasteiger partial charge is 0.156 e. The van der Waals surface area contributed by atoms with Gasteiger partial charge in [-0.25, -0.2) is 9.98 Å². The van der Waals surface area contributed by atoms with Gasteiger partial charge in [0.25, 0.3) is 0 Å². The van der Waals surface area contributed by atoms with Gasteiger partial charge in [-0.15, -0.1) is 0 Å². The van der Waals surface area contributed by atoms with Crippen molar-refractivity contribution in [3.05, 3.63) is 42.7 Å². The lowest BCUT2D eigenvalue weighted by Crippen LogP contribution is -1.81. The Bertz CT molecular complexity index is 480. The summed E-state index contributed by atoms with van der Waals surface area (Å²) in [6.45, 7) is 1.96. The molecule has 0 unspecified atom stereocenters. The molecule has 70 valence electrons. The van der Waals surface area contributed by atoms with E-state index >= 15 is 0 Å². The van der Waals surface area contributed by atoms with Crippen molar-refractivity contribution in [2.24, 2.45) is 4.99 Å². The molecule has 0 spiro atoms. The van der Waals surface area contributed by atoms with Crippen molar-refractivity contribution in [2.75, 3.05) is 0 Å². The van der Waals surface area contributed by atoms with Crippen LogP contribution < -0.4 is 0 Å². The van der Waals surface area contributed by atoms with E-state index in [4.69, 9.17) is 0 Å². The Morgan fingerprint density at radius 2 is 2.36 bits per heavy atom. The summed E-state index contributed by atoms with van der Waals surface area (Å²) in [6.07, 6.45) is 9.30. The SMILES string of the molecule is C/C=C/C=Nc1cnc2ccccn12. The summed E-state index contributed by atoms with van der Waals surface area (Å²) < 4.78 is 1.94. The zero-order valence-corrected chi connectivity index (χ0v) is 7.96. The van der Waals surface area contributed by atoms with Gasteiger partial charge in [-0.05, 0) is 25.1 Å². The van der Waals surface area contributed by atoms with Crippen LogP contribution in [0.5, 0.6) is 0 Å². The van der Waals surface area contributed by atoms with Crippen LogP contribution in [0.15, 0.2) is 47.7 Å². The molecular formula is C11H11N3. The third-order valence-corrected chi connectivity index (χ3v) is 1.88. The summed E-state index contributed by atoms with van der Waals surface area (Å²) in [6, 6.07) is 5.87. The highest BCUT2D eigenvalue weighted by molar-refractivity contribution is 5.74. The van der Waals surface area contributed by atoms with E-state index in [1.807, 2.05) is 47.9 Å². The number of hydrogen-bond donors (Lipinski definition) is 0. The summed E-state index contributed by atoms with van der Waals surface area (Å²) in [5, 5.41) is 0. The zero-order chi connectivity index (χ0) is 9.80. The largest absolute Gasteiger partial charge is 0.285 e. The molecule has 0 saturated heterocycles. The normalized spacial score (nSPS) is 12.1. The number of rotatable bonds is 2. The maximum absolute atomic E-state index is 4.27. The van der Waals surface area contributed by atoms with Gasteiger partial charge in [-0.3, -0.25) is 4.40 Å². The molecule has 0 aliphatic heterocycles. The lowest BCUT2D eigenvalue weighted by atomic mass is 10.5. The molecule has 0 amide bonds. The topological polar surface area (TPSA) is 29.7 Å². The maximum Gasteiger partial charge on any atom is 0.156 e. The molecule has 0 aliphatic rings. The molecule has 0 aromatic carbocycles. The number of aliphatic imine (C=N–C) groups is 1. The minimum Gasteiger partial charge on any atom is -0.285 e. The van der Waals surface area contributed by atoms with E-state index in [2.05, 4.69) is 9.98 Å². The highest BCUT2D eigenvalue weighted by Crippen LogP contribution is 2.13. The fraction of sp³-hybridized carbons (Fsp3) is 0.0909. The first-order valence-electron chi connectivity index (χ1n) is 4.49. The Labute approximate surface area is 82.4 Å². The standard InChI is InChI=1S/C11H11N3/c1-2-3-7-12-11-9-13-10-6-4-5-8-14(10)11/h2-9H,1H3/b3-2+,12-7?. The van der Waals surface area contributed by atoms with Crippen LogP contribution >= 0.6 is 0 Å². The Hall–Kier alpha value is -1.90. The lowest BCUT2D eigenvalue weighted by Gasteiger charge is -1.93. The molecule has 0 N–H and O–H groups in total. The lowest BCUT2D eigenvalue weighted by molar-refractivity contribution is 1.17. The van der Waals surface area contributed by atoms with Crippen LogP contribution in [-0.4, -0.2) is 15.6 Å². The number of nitrogens with zero attached hydrogens (tertiary/aromatic N) is 3. The highest BCUT2D eigenvalue weighted by atomic mass is 15.1. The van der Waals surface area contributed by atoms with Gasteiger partial charge in [0.05, 0.1) is 6.20 Å². The van der Waals surface area contributed by atoms with E-state index in [9.17, 15) is 0 Å². The number of pyridine rings is 1. The van der Waals surface area contributed by atoms with Gasteiger partial charge in [0, 0.05) is 12.4 Å². The van der Waals surface area contributed by atoms with Crippen molar-refractivity contribution in [1.29, 1.82) is 0 Å². The second-order valence-electron chi connectivity index (χ2n) is 2.85. The van der Waals surface area contributed by atoms with Crippen molar-refractivity contribution in [3.8, 4) is 0 Å². The molecule has 0 radical (unpaired) electrons. The van der Waals surface area contributed by atoms with Crippen molar-refractivity contribution in [2.45, 2.75) is 6.92 Å². The van der Waals surface area contributed by atoms with Gasteiger partial charge in [-0.1, -0.05) is 12.1 Å². The summed E-state index contributed by atoms with van der Waals surface area (Å²) in [4.78, 5) is 8.50. The summed E-state index contributed by atoms with van der Waals surface area (Å²) in [5.41, 5.74) is 0.917. The minimum atomic E-state index is 0.846. The molecule has 0 bridgehead atoms. The quantitative estimate of drug-likeness (QED) is 0.661. The van der Waals surface area contributed by atoms with E-state index in [-0.39, 0.29) is 0 Å². The molecule has 0 saturated carbocycles. The number of aromatic nitrogens is 2. The van der Waals surface area contributed by atoms with Gasteiger partial charge in [-0.2, -0.15) is 0 Å². The number of allylic oxidation sites excluding steroid dienone is 2. The molecule has 0 fully saturated rings. The van der Waals surface area contributed by atoms with Crippen LogP contribution in [0.3, 0.4) is 0 Å². The molecule has 0 aliphatic carbocycles. The molecule has 2 rings (SSSR count). The van der Waals surface area contributed by atoms with Gasteiger partial charge >= 0.3 is 0 Å². The van der Waals surface area contributed by atoms with Gasteiger partial charge < -0.3 is 0 Å². The molecule has 2 heterocycles. The van der Waals surface area contributed by atoms with Crippen LogP contribution in [0.2, 0.25) is 0 Å². The van der Waals surface area contributed by atoms with Crippen molar-refractivity contribution >= 4 is 17.7 Å². The minimum absolute atomic E-state index is 0.846. The number of imidazole rings is 1. The number of fused-ring (bicyclic) bond motifs is 1. The van der Waals surface area contributed by atoms with Crippen LogP contribution in [0.25, 0.3) is 5.65 Å². The Morgan fingerprint density at radius 1 is 1.43 bits per heavy atom. The average molecular weight is 185 g/mol.